The maximum Gasteiger partial charge on any atom is 0.141 e. The van der Waals surface area contributed by atoms with E-state index in [0.717, 1.165) is 25.0 Å². The van der Waals surface area contributed by atoms with Crippen LogP contribution in [-0.4, -0.2) is 17.4 Å². The molecular formula is C19H38N4. The molecular weight excluding hydrogens is 284 g/mol. The summed E-state index contributed by atoms with van der Waals surface area (Å²) in [5.41, 5.74) is 7.36. The molecule has 0 saturated carbocycles. The maximum atomic E-state index is 8.35. The first-order chi connectivity index (χ1) is 11.3. The lowest BCUT2D eigenvalue weighted by atomic mass is 10.0. The molecule has 1 aliphatic rings. The predicted molar refractivity (Wildman–Crippen MR) is 100 cm³/mol. The molecule has 1 rings (SSSR count). The molecule has 0 aromatic heterocycles. The Morgan fingerprint density at radius 1 is 0.826 bits per heavy atom. The van der Waals surface area contributed by atoms with E-state index >= 15 is 0 Å². The lowest BCUT2D eigenvalue weighted by Gasteiger charge is -2.31. The second kappa shape index (κ2) is 13.4. The Hall–Kier alpha value is -1.03. The molecule has 4 nitrogen and oxygen atoms in total. The van der Waals surface area contributed by atoms with Crippen LogP contribution >= 0.6 is 0 Å². The second-order valence-corrected chi connectivity index (χ2v) is 6.71. The standard InChI is InChI=1S/C19H38N4/c1-3-5-7-9-11-13-15-18-17-21-22-23(19(18)20)16-14-12-10-8-6-4-2/h17,20-22H,3-16H2,1-2H3. The van der Waals surface area contributed by atoms with Gasteiger partial charge in [0, 0.05) is 18.3 Å². The van der Waals surface area contributed by atoms with Crippen molar-refractivity contribution in [2.75, 3.05) is 6.54 Å². The van der Waals surface area contributed by atoms with Gasteiger partial charge in [-0.3, -0.25) is 10.4 Å². The van der Waals surface area contributed by atoms with Crippen molar-refractivity contribution in [3.63, 3.8) is 0 Å². The van der Waals surface area contributed by atoms with Crippen molar-refractivity contribution in [2.45, 2.75) is 97.3 Å². The first kappa shape index (κ1) is 20.0. The molecule has 0 spiro atoms. The Balaban J connectivity index is 2.14. The molecule has 23 heavy (non-hydrogen) atoms. The van der Waals surface area contributed by atoms with E-state index in [4.69, 9.17) is 5.41 Å². The third-order valence-electron chi connectivity index (χ3n) is 4.55. The molecule has 3 N–H and O–H groups in total. The summed E-state index contributed by atoms with van der Waals surface area (Å²) < 4.78 is 0. The van der Waals surface area contributed by atoms with Crippen molar-refractivity contribution < 1.29 is 0 Å². The van der Waals surface area contributed by atoms with Crippen molar-refractivity contribution >= 4 is 5.84 Å². The van der Waals surface area contributed by atoms with Crippen molar-refractivity contribution in [3.05, 3.63) is 11.8 Å². The summed E-state index contributed by atoms with van der Waals surface area (Å²) in [6.07, 6.45) is 18.6. The highest BCUT2D eigenvalue weighted by Crippen LogP contribution is 2.15. The molecule has 0 aromatic carbocycles. The number of rotatable bonds is 14. The van der Waals surface area contributed by atoms with Gasteiger partial charge in [-0.2, -0.15) is 0 Å². The molecule has 1 heterocycles. The van der Waals surface area contributed by atoms with Crippen molar-refractivity contribution in [1.29, 1.82) is 5.41 Å². The quantitative estimate of drug-likeness (QED) is 0.381. The van der Waals surface area contributed by atoms with Gasteiger partial charge in [-0.25, -0.2) is 0 Å². The number of amidine groups is 1. The fraction of sp³-hybridized carbons (Fsp3) is 0.842. The third-order valence-corrected chi connectivity index (χ3v) is 4.55. The van der Waals surface area contributed by atoms with E-state index < -0.39 is 0 Å². The zero-order valence-corrected chi connectivity index (χ0v) is 15.4. The molecule has 0 unspecified atom stereocenters. The van der Waals surface area contributed by atoms with Gasteiger partial charge in [0.25, 0.3) is 0 Å². The highest BCUT2D eigenvalue weighted by atomic mass is 15.7. The molecule has 0 amide bonds. The van der Waals surface area contributed by atoms with E-state index in [2.05, 4.69) is 24.8 Å². The summed E-state index contributed by atoms with van der Waals surface area (Å²) in [4.78, 5) is 0. The smallest absolute Gasteiger partial charge is 0.141 e. The van der Waals surface area contributed by atoms with Crippen molar-refractivity contribution in [2.24, 2.45) is 0 Å². The van der Waals surface area contributed by atoms with Gasteiger partial charge in [0.15, 0.2) is 0 Å². The number of hydrogen-bond acceptors (Lipinski definition) is 3. The molecule has 0 aliphatic carbocycles. The Kier molecular flexibility index (Phi) is 11.7. The number of hydrogen-bond donors (Lipinski definition) is 3. The van der Waals surface area contributed by atoms with Crippen molar-refractivity contribution in [1.82, 2.24) is 16.0 Å². The van der Waals surface area contributed by atoms with E-state index in [9.17, 15) is 0 Å². The normalized spacial score (nSPS) is 14.8. The fourth-order valence-electron chi connectivity index (χ4n) is 3.00. The second-order valence-electron chi connectivity index (χ2n) is 6.71. The van der Waals surface area contributed by atoms with Gasteiger partial charge in [0.2, 0.25) is 0 Å². The molecule has 0 radical (unpaired) electrons. The minimum Gasteiger partial charge on any atom is -0.311 e. The molecule has 0 bridgehead atoms. The van der Waals surface area contributed by atoms with Crippen LogP contribution in [0.15, 0.2) is 11.8 Å². The number of hydrazine groups is 2. The summed E-state index contributed by atoms with van der Waals surface area (Å²) in [6, 6.07) is 0. The third kappa shape index (κ3) is 8.99. The number of nitrogens with zero attached hydrogens (tertiary/aromatic N) is 1. The monoisotopic (exact) mass is 322 g/mol. The Morgan fingerprint density at radius 2 is 1.39 bits per heavy atom. The molecule has 0 atom stereocenters. The first-order valence-corrected chi connectivity index (χ1v) is 9.86. The maximum absolute atomic E-state index is 8.35. The largest absolute Gasteiger partial charge is 0.311 e. The van der Waals surface area contributed by atoms with Crippen LogP contribution < -0.4 is 11.0 Å². The molecule has 0 aromatic rings. The Bertz CT molecular complexity index is 338. The van der Waals surface area contributed by atoms with Crippen LogP contribution in [0.5, 0.6) is 0 Å². The lowest BCUT2D eigenvalue weighted by Crippen LogP contribution is -2.52. The van der Waals surface area contributed by atoms with Crippen LogP contribution in [-0.2, 0) is 0 Å². The fourth-order valence-corrected chi connectivity index (χ4v) is 3.00. The first-order valence-electron chi connectivity index (χ1n) is 9.86. The highest BCUT2D eigenvalue weighted by molar-refractivity contribution is 5.95. The van der Waals surface area contributed by atoms with Crippen LogP contribution in [0, 0.1) is 5.41 Å². The summed E-state index contributed by atoms with van der Waals surface area (Å²) in [5.74, 6) is 0.658. The SMILES string of the molecule is CCCCCCCCC1=CNNN(CCCCCCCC)C1=N. The number of unbranched alkanes of at least 4 members (excludes halogenated alkanes) is 10. The summed E-state index contributed by atoms with van der Waals surface area (Å²) in [7, 11) is 0. The predicted octanol–water partition coefficient (Wildman–Crippen LogP) is 5.28. The number of nitrogens with one attached hydrogen (secondary N) is 3. The van der Waals surface area contributed by atoms with Gasteiger partial charge in [-0.05, 0) is 19.3 Å². The Labute approximate surface area is 143 Å². The summed E-state index contributed by atoms with van der Waals surface area (Å²) >= 11 is 0. The lowest BCUT2D eigenvalue weighted by molar-refractivity contribution is 0.259. The van der Waals surface area contributed by atoms with Crippen LogP contribution in [0.1, 0.15) is 97.3 Å². The molecule has 0 saturated heterocycles. The van der Waals surface area contributed by atoms with Gasteiger partial charge in [-0.15, -0.1) is 5.53 Å². The average molecular weight is 323 g/mol. The van der Waals surface area contributed by atoms with Crippen LogP contribution in [0.2, 0.25) is 0 Å². The molecule has 4 heteroatoms. The highest BCUT2D eigenvalue weighted by Gasteiger charge is 2.17. The minimum atomic E-state index is 0.658. The summed E-state index contributed by atoms with van der Waals surface area (Å²) in [6.45, 7) is 5.43. The van der Waals surface area contributed by atoms with Crippen LogP contribution in [0.4, 0.5) is 0 Å². The van der Waals surface area contributed by atoms with Gasteiger partial charge in [0.05, 0.1) is 0 Å². The van der Waals surface area contributed by atoms with Crippen LogP contribution in [0.25, 0.3) is 0 Å². The topological polar surface area (TPSA) is 51.1 Å². The van der Waals surface area contributed by atoms with Gasteiger partial charge in [0.1, 0.15) is 5.84 Å². The minimum absolute atomic E-state index is 0.658. The van der Waals surface area contributed by atoms with E-state index in [0.29, 0.717) is 5.84 Å². The van der Waals surface area contributed by atoms with Gasteiger partial charge < -0.3 is 5.43 Å². The van der Waals surface area contributed by atoms with Gasteiger partial charge >= 0.3 is 0 Å². The van der Waals surface area contributed by atoms with Crippen molar-refractivity contribution in [3.8, 4) is 0 Å². The molecule has 1 aliphatic heterocycles. The molecule has 0 fully saturated rings. The zero-order valence-electron chi connectivity index (χ0n) is 15.4. The molecule has 134 valence electrons. The van der Waals surface area contributed by atoms with E-state index in [1.54, 1.807) is 0 Å². The zero-order chi connectivity index (χ0) is 16.8. The van der Waals surface area contributed by atoms with Gasteiger partial charge in [-0.1, -0.05) is 78.1 Å². The Morgan fingerprint density at radius 3 is 2.04 bits per heavy atom. The van der Waals surface area contributed by atoms with E-state index in [1.807, 2.05) is 11.2 Å². The average Bonchev–Trinajstić information content (AvgIpc) is 2.56. The van der Waals surface area contributed by atoms with Crippen LogP contribution in [0.3, 0.4) is 0 Å². The van der Waals surface area contributed by atoms with E-state index in [-0.39, 0.29) is 0 Å². The summed E-state index contributed by atoms with van der Waals surface area (Å²) in [5, 5.41) is 10.3. The van der Waals surface area contributed by atoms with E-state index in [1.165, 1.54) is 70.6 Å².